The molecular formula is C15H16FNO2S2. The Morgan fingerprint density at radius 3 is 2.81 bits per heavy atom. The van der Waals surface area contributed by atoms with Gasteiger partial charge in [-0.3, -0.25) is 0 Å². The van der Waals surface area contributed by atoms with Crippen LogP contribution in [0.4, 0.5) is 4.39 Å². The van der Waals surface area contributed by atoms with Gasteiger partial charge in [0.1, 0.15) is 5.82 Å². The molecule has 1 aliphatic heterocycles. The summed E-state index contributed by atoms with van der Waals surface area (Å²) in [6, 6.07) is 9.03. The number of nitrogens with one attached hydrogen (secondary N) is 1. The molecule has 1 saturated heterocycles. The highest BCUT2D eigenvalue weighted by Gasteiger charge is 2.27. The van der Waals surface area contributed by atoms with Crippen molar-refractivity contribution in [3.8, 4) is 10.4 Å². The van der Waals surface area contributed by atoms with Crippen LogP contribution in [0.25, 0.3) is 10.4 Å². The summed E-state index contributed by atoms with van der Waals surface area (Å²) in [5, 5.41) is 5.09. The molecule has 0 spiro atoms. The summed E-state index contributed by atoms with van der Waals surface area (Å²) in [5.74, 6) is 0.126. The lowest BCUT2D eigenvalue weighted by Crippen LogP contribution is -2.29. The van der Waals surface area contributed by atoms with E-state index in [0.29, 0.717) is 18.5 Å². The van der Waals surface area contributed by atoms with E-state index >= 15 is 0 Å². The SMILES string of the molecule is O=S1(=O)CC[C@H](NCc2ccc(-c3cccs3)cc2F)C1. The maximum absolute atomic E-state index is 14.1. The zero-order valence-electron chi connectivity index (χ0n) is 11.4. The molecule has 0 saturated carbocycles. The molecule has 2 heterocycles. The Hall–Kier alpha value is -1.24. The molecule has 1 aliphatic rings. The van der Waals surface area contributed by atoms with Crippen LogP contribution in [0, 0.1) is 5.82 Å². The number of hydrogen-bond acceptors (Lipinski definition) is 4. The van der Waals surface area contributed by atoms with E-state index in [0.717, 1.165) is 10.4 Å². The highest BCUT2D eigenvalue weighted by Crippen LogP contribution is 2.26. The first kappa shape index (κ1) is 14.7. The Bertz CT molecular complexity index is 726. The molecular weight excluding hydrogens is 309 g/mol. The second kappa shape index (κ2) is 5.87. The van der Waals surface area contributed by atoms with E-state index in [1.54, 1.807) is 17.4 Å². The summed E-state index contributed by atoms with van der Waals surface area (Å²) >= 11 is 1.58. The fourth-order valence-corrected chi connectivity index (χ4v) is 4.93. The number of rotatable bonds is 4. The van der Waals surface area contributed by atoms with Gasteiger partial charge in [-0.15, -0.1) is 11.3 Å². The van der Waals surface area contributed by atoms with Gasteiger partial charge >= 0.3 is 0 Å². The molecule has 21 heavy (non-hydrogen) atoms. The van der Waals surface area contributed by atoms with Crippen molar-refractivity contribution in [3.05, 3.63) is 47.1 Å². The molecule has 112 valence electrons. The highest BCUT2D eigenvalue weighted by atomic mass is 32.2. The first-order valence-electron chi connectivity index (χ1n) is 6.80. The maximum atomic E-state index is 14.1. The van der Waals surface area contributed by atoms with Crippen LogP contribution in [0.2, 0.25) is 0 Å². The van der Waals surface area contributed by atoms with E-state index in [1.165, 1.54) is 6.07 Å². The van der Waals surface area contributed by atoms with Crippen molar-refractivity contribution in [1.29, 1.82) is 0 Å². The largest absolute Gasteiger partial charge is 0.309 e. The number of thiophene rings is 1. The predicted octanol–water partition coefficient (Wildman–Crippen LogP) is 2.83. The fraction of sp³-hybridized carbons (Fsp3) is 0.333. The topological polar surface area (TPSA) is 46.2 Å². The number of hydrogen-bond donors (Lipinski definition) is 1. The average Bonchev–Trinajstić information content (AvgIpc) is 3.07. The summed E-state index contributed by atoms with van der Waals surface area (Å²) in [6.45, 7) is 0.358. The second-order valence-electron chi connectivity index (χ2n) is 5.26. The lowest BCUT2D eigenvalue weighted by atomic mass is 10.1. The van der Waals surface area contributed by atoms with E-state index in [1.807, 2.05) is 23.6 Å². The molecule has 0 bridgehead atoms. The van der Waals surface area contributed by atoms with Gasteiger partial charge < -0.3 is 5.32 Å². The van der Waals surface area contributed by atoms with Gasteiger partial charge in [0.2, 0.25) is 0 Å². The molecule has 1 atom stereocenters. The number of benzene rings is 1. The van der Waals surface area contributed by atoms with Gasteiger partial charge in [-0.2, -0.15) is 0 Å². The third kappa shape index (κ3) is 3.51. The lowest BCUT2D eigenvalue weighted by Gasteiger charge is -2.11. The van der Waals surface area contributed by atoms with Crippen molar-refractivity contribution < 1.29 is 12.8 Å². The quantitative estimate of drug-likeness (QED) is 0.940. The third-order valence-corrected chi connectivity index (χ3v) is 6.36. The van der Waals surface area contributed by atoms with Crippen molar-refractivity contribution >= 4 is 21.2 Å². The molecule has 1 aromatic carbocycles. The molecule has 0 amide bonds. The minimum atomic E-state index is -2.90. The Morgan fingerprint density at radius 2 is 2.19 bits per heavy atom. The Labute approximate surface area is 127 Å². The standard InChI is InChI=1S/C15H16FNO2S2/c16-14-8-11(15-2-1-6-20-15)3-4-12(14)9-17-13-5-7-21(18,19)10-13/h1-4,6,8,13,17H,5,7,9-10H2/t13-/m0/s1. The van der Waals surface area contributed by atoms with E-state index in [-0.39, 0.29) is 23.4 Å². The molecule has 2 aromatic rings. The first-order valence-corrected chi connectivity index (χ1v) is 9.50. The minimum absolute atomic E-state index is 0.0635. The fourth-order valence-electron chi connectivity index (χ4n) is 2.50. The molecule has 0 radical (unpaired) electrons. The number of halogens is 1. The van der Waals surface area contributed by atoms with Gasteiger partial charge in [-0.25, -0.2) is 12.8 Å². The molecule has 3 rings (SSSR count). The van der Waals surface area contributed by atoms with Crippen molar-refractivity contribution in [3.63, 3.8) is 0 Å². The summed E-state index contributed by atoms with van der Waals surface area (Å²) in [6.07, 6.45) is 0.608. The molecule has 6 heteroatoms. The highest BCUT2D eigenvalue weighted by molar-refractivity contribution is 7.91. The van der Waals surface area contributed by atoms with Gasteiger partial charge in [-0.1, -0.05) is 18.2 Å². The van der Waals surface area contributed by atoms with Gasteiger partial charge in [0.25, 0.3) is 0 Å². The zero-order chi connectivity index (χ0) is 14.9. The van der Waals surface area contributed by atoms with E-state index in [2.05, 4.69) is 5.32 Å². The van der Waals surface area contributed by atoms with Crippen LogP contribution in [0.3, 0.4) is 0 Å². The van der Waals surface area contributed by atoms with Crippen molar-refractivity contribution in [1.82, 2.24) is 5.32 Å². The van der Waals surface area contributed by atoms with Crippen LogP contribution in [0.15, 0.2) is 35.7 Å². The monoisotopic (exact) mass is 325 g/mol. The van der Waals surface area contributed by atoms with Crippen LogP contribution in [0.5, 0.6) is 0 Å². The summed E-state index contributed by atoms with van der Waals surface area (Å²) < 4.78 is 36.9. The summed E-state index contributed by atoms with van der Waals surface area (Å²) in [5.41, 5.74) is 1.44. The van der Waals surface area contributed by atoms with Crippen LogP contribution < -0.4 is 5.32 Å². The number of sulfone groups is 1. The summed E-state index contributed by atoms with van der Waals surface area (Å²) in [7, 11) is -2.90. The van der Waals surface area contributed by atoms with E-state index in [9.17, 15) is 12.8 Å². The molecule has 1 fully saturated rings. The van der Waals surface area contributed by atoms with Gasteiger partial charge in [0.15, 0.2) is 9.84 Å². The smallest absolute Gasteiger partial charge is 0.151 e. The van der Waals surface area contributed by atoms with E-state index < -0.39 is 9.84 Å². The van der Waals surface area contributed by atoms with Crippen LogP contribution in [-0.4, -0.2) is 26.0 Å². The van der Waals surface area contributed by atoms with Crippen LogP contribution >= 0.6 is 11.3 Å². The van der Waals surface area contributed by atoms with Crippen LogP contribution in [-0.2, 0) is 16.4 Å². The zero-order valence-corrected chi connectivity index (χ0v) is 13.0. The average molecular weight is 325 g/mol. The van der Waals surface area contributed by atoms with Gasteiger partial charge in [-0.05, 0) is 29.5 Å². The Kier molecular flexibility index (Phi) is 4.10. The first-order chi connectivity index (χ1) is 10.0. The van der Waals surface area contributed by atoms with Crippen molar-refractivity contribution in [2.24, 2.45) is 0 Å². The van der Waals surface area contributed by atoms with Gasteiger partial charge in [0, 0.05) is 23.0 Å². The molecule has 0 unspecified atom stereocenters. The molecule has 3 nitrogen and oxygen atoms in total. The summed E-state index contributed by atoms with van der Waals surface area (Å²) in [4.78, 5) is 1.04. The molecule has 1 aromatic heterocycles. The van der Waals surface area contributed by atoms with Crippen molar-refractivity contribution in [2.45, 2.75) is 19.0 Å². The molecule has 0 aliphatic carbocycles. The Balaban J connectivity index is 1.67. The Morgan fingerprint density at radius 1 is 1.33 bits per heavy atom. The molecule has 1 N–H and O–H groups in total. The predicted molar refractivity (Wildman–Crippen MR) is 83.6 cm³/mol. The maximum Gasteiger partial charge on any atom is 0.151 e. The third-order valence-electron chi connectivity index (χ3n) is 3.67. The normalized spacial score (nSPS) is 20.7. The second-order valence-corrected chi connectivity index (χ2v) is 8.44. The van der Waals surface area contributed by atoms with Crippen LogP contribution in [0.1, 0.15) is 12.0 Å². The lowest BCUT2D eigenvalue weighted by molar-refractivity contribution is 0.532. The minimum Gasteiger partial charge on any atom is -0.309 e. The van der Waals surface area contributed by atoms with E-state index in [4.69, 9.17) is 0 Å². The van der Waals surface area contributed by atoms with Gasteiger partial charge in [0.05, 0.1) is 11.5 Å². The van der Waals surface area contributed by atoms with Crippen molar-refractivity contribution in [2.75, 3.05) is 11.5 Å².